The molecule has 22 N–H and O–H groups in total. The van der Waals surface area contributed by atoms with Gasteiger partial charge < -0.3 is 169 Å². The zero-order valence-electron chi connectivity index (χ0n) is 38.9. The summed E-state index contributed by atoms with van der Waals surface area (Å²) < 4.78 is 67.8. The lowest BCUT2D eigenvalue weighted by atomic mass is 9.95. The number of ether oxygens (including phenoxy) is 12. The molecule has 434 valence electrons. The number of hydrogen-bond donors (Lipinski definition) is 22. The van der Waals surface area contributed by atoms with E-state index in [4.69, 9.17) is 56.8 Å². The quantitative estimate of drug-likeness (QED) is 0.0507. The lowest BCUT2D eigenvalue weighted by Gasteiger charge is -2.49. The predicted molar refractivity (Wildman–Crippen MR) is 222 cm³/mol. The van der Waals surface area contributed by atoms with Gasteiger partial charge in [-0.25, -0.2) is 0 Å². The normalized spacial score (nSPS) is 49.2. The maximum Gasteiger partial charge on any atom is 0.187 e. The Labute approximate surface area is 418 Å². The van der Waals surface area contributed by atoms with Crippen molar-refractivity contribution in [3.8, 4) is 0 Å². The SMILES string of the molecule is OC[C@@H](O)[C@@H](O[C@@H]1O[C@H](CO[C@H]2OC[C@@H](O)[C@H](O)[C@H]2O[C@@H]2O[C@H](CO)[C@H](O)[C@H](O)[C@H]2O)[C@@H](O[C@@H]2O[C@H](CO[C@H]3OC[C@@H](O)[C@H](O)[C@H]3O)[C@@H](O[C@@H]3O[C@H](CO)[C@@H](O)[C@H](O)[C@H]3O)[C@H](O)[C@H]2O)[C@H](O)[C@H]1O)[C@H](O)[C@@H](O)CO. The molecule has 6 heterocycles. The van der Waals surface area contributed by atoms with Gasteiger partial charge in [-0.3, -0.25) is 0 Å². The van der Waals surface area contributed by atoms with Crippen LogP contribution >= 0.6 is 0 Å². The Kier molecular flexibility index (Phi) is 22.7. The molecule has 0 aromatic rings. The molecule has 0 radical (unpaired) electrons. The second-order valence-electron chi connectivity index (χ2n) is 18.5. The molecular weight excluding hydrogens is 1020 g/mol. The third kappa shape index (κ3) is 13.6. The molecule has 0 bridgehead atoms. The molecular formula is C40H70O34. The van der Waals surface area contributed by atoms with Crippen LogP contribution in [0.15, 0.2) is 0 Å². The summed E-state index contributed by atoms with van der Waals surface area (Å²) in [5.74, 6) is 0. The average molecular weight is 1090 g/mol. The van der Waals surface area contributed by atoms with Gasteiger partial charge >= 0.3 is 0 Å². The summed E-state index contributed by atoms with van der Waals surface area (Å²) in [4.78, 5) is 0. The first-order chi connectivity index (χ1) is 35.0. The maximum absolute atomic E-state index is 11.7. The monoisotopic (exact) mass is 1090 g/mol. The Hall–Kier alpha value is -1.36. The van der Waals surface area contributed by atoms with E-state index in [2.05, 4.69) is 0 Å². The Balaban J connectivity index is 1.29. The van der Waals surface area contributed by atoms with E-state index in [0.717, 1.165) is 0 Å². The zero-order chi connectivity index (χ0) is 54.6. The zero-order valence-corrected chi connectivity index (χ0v) is 38.9. The van der Waals surface area contributed by atoms with Gasteiger partial charge in [0.25, 0.3) is 0 Å². The Morgan fingerprint density at radius 2 is 0.743 bits per heavy atom. The fourth-order valence-electron chi connectivity index (χ4n) is 8.81. The van der Waals surface area contributed by atoms with Crippen molar-refractivity contribution in [2.24, 2.45) is 0 Å². The van der Waals surface area contributed by atoms with Crippen LogP contribution in [0.2, 0.25) is 0 Å². The van der Waals surface area contributed by atoms with Gasteiger partial charge in [-0.05, 0) is 0 Å². The molecule has 0 aromatic carbocycles. The van der Waals surface area contributed by atoms with Crippen molar-refractivity contribution in [2.45, 2.75) is 196 Å². The molecule has 6 aliphatic rings. The van der Waals surface area contributed by atoms with Crippen molar-refractivity contribution in [3.05, 3.63) is 0 Å². The highest BCUT2D eigenvalue weighted by Gasteiger charge is 2.56. The van der Waals surface area contributed by atoms with Crippen LogP contribution in [0, 0.1) is 0 Å². The minimum absolute atomic E-state index is 0.560. The van der Waals surface area contributed by atoms with Gasteiger partial charge in [-0.1, -0.05) is 0 Å². The van der Waals surface area contributed by atoms with Crippen LogP contribution in [-0.4, -0.2) is 362 Å². The fraction of sp³-hybridized carbons (Fsp3) is 1.00. The summed E-state index contributed by atoms with van der Waals surface area (Å²) in [7, 11) is 0. The lowest BCUT2D eigenvalue weighted by Crippen LogP contribution is -2.67. The van der Waals surface area contributed by atoms with Gasteiger partial charge in [-0.2, -0.15) is 0 Å². The summed E-state index contributed by atoms with van der Waals surface area (Å²) in [6.45, 7) is -7.23. The molecule has 0 unspecified atom stereocenters. The number of aliphatic hydroxyl groups excluding tert-OH is 22. The van der Waals surface area contributed by atoms with Crippen LogP contribution in [-0.2, 0) is 56.8 Å². The van der Waals surface area contributed by atoms with Crippen LogP contribution in [0.1, 0.15) is 0 Å². The number of rotatable bonds is 21. The molecule has 34 nitrogen and oxygen atoms in total. The third-order valence-electron chi connectivity index (χ3n) is 13.4. The van der Waals surface area contributed by atoms with Gasteiger partial charge in [0.1, 0.15) is 159 Å². The number of aliphatic hydroxyl groups is 22. The average Bonchev–Trinajstić information content (AvgIpc) is 3.39. The van der Waals surface area contributed by atoms with Gasteiger partial charge in [-0.15, -0.1) is 0 Å². The van der Waals surface area contributed by atoms with Gasteiger partial charge in [0.15, 0.2) is 37.7 Å². The third-order valence-corrected chi connectivity index (χ3v) is 13.4. The Bertz CT molecular complexity index is 1660. The van der Waals surface area contributed by atoms with Crippen molar-refractivity contribution < 1.29 is 169 Å². The second kappa shape index (κ2) is 27.2. The predicted octanol–water partition coefficient (Wildman–Crippen LogP) is -15.4. The van der Waals surface area contributed by atoms with E-state index < -0.39 is 249 Å². The van der Waals surface area contributed by atoms with Crippen LogP contribution in [0.25, 0.3) is 0 Å². The molecule has 0 spiro atoms. The smallest absolute Gasteiger partial charge is 0.187 e. The van der Waals surface area contributed by atoms with Crippen LogP contribution in [0.4, 0.5) is 0 Å². The van der Waals surface area contributed by atoms with Crippen LogP contribution in [0.5, 0.6) is 0 Å². The second-order valence-corrected chi connectivity index (χ2v) is 18.5. The molecule has 6 saturated heterocycles. The van der Waals surface area contributed by atoms with E-state index in [0.29, 0.717) is 0 Å². The van der Waals surface area contributed by atoms with Crippen molar-refractivity contribution in [2.75, 3.05) is 52.9 Å². The summed E-state index contributed by atoms with van der Waals surface area (Å²) in [6.07, 6.45) is -63.3. The highest BCUT2D eigenvalue weighted by atomic mass is 16.8. The minimum Gasteiger partial charge on any atom is -0.394 e. The molecule has 6 rings (SSSR count). The maximum atomic E-state index is 11.7. The molecule has 32 atom stereocenters. The lowest BCUT2D eigenvalue weighted by molar-refractivity contribution is -0.391. The standard InChI is InChI=1S/C40H70O34/c41-1-9(45)18(50)31(10(46)2-42)71-38-29(61)24(56)33(16(69-38)8-66-40-34(19(51)12(48)6-64-40)74-37-28(60)23(55)21(53)14(4-44)68-37)73-39-30(62)25(57)32(72-36-27(59)22(54)20(52)13(3-43)67-36)15(70-39)7-65-35-26(58)17(49)11(47)5-63-35/h9-62H,1-8H2/t9-,10+,11+,12+,13+,14+,15+,16+,17-,18+,19-,20+,21-,22-,23-,24+,25+,26+,27+,28+,29+,30+,31+,32+,33+,34+,35+,36-,37-,38-,39-,40+/m0/s1. The topological polar surface area (TPSA) is 556 Å². The molecule has 0 saturated carbocycles. The van der Waals surface area contributed by atoms with E-state index in [1.54, 1.807) is 0 Å². The van der Waals surface area contributed by atoms with Gasteiger partial charge in [0, 0.05) is 0 Å². The van der Waals surface area contributed by atoms with E-state index in [9.17, 15) is 112 Å². The molecule has 74 heavy (non-hydrogen) atoms. The fourth-order valence-corrected chi connectivity index (χ4v) is 8.81. The van der Waals surface area contributed by atoms with Gasteiger partial charge in [0.2, 0.25) is 0 Å². The molecule has 0 amide bonds. The first-order valence-electron chi connectivity index (χ1n) is 23.4. The van der Waals surface area contributed by atoms with Crippen LogP contribution < -0.4 is 0 Å². The van der Waals surface area contributed by atoms with Crippen molar-refractivity contribution in [1.82, 2.24) is 0 Å². The van der Waals surface area contributed by atoms with Crippen molar-refractivity contribution in [1.29, 1.82) is 0 Å². The summed E-state index contributed by atoms with van der Waals surface area (Å²) in [5, 5.41) is 231. The van der Waals surface area contributed by atoms with Crippen LogP contribution in [0.3, 0.4) is 0 Å². The molecule has 6 aliphatic heterocycles. The van der Waals surface area contributed by atoms with Crippen molar-refractivity contribution in [3.63, 3.8) is 0 Å². The molecule has 34 heteroatoms. The van der Waals surface area contributed by atoms with E-state index in [-0.39, 0.29) is 0 Å². The molecule has 0 aromatic heterocycles. The van der Waals surface area contributed by atoms with E-state index in [1.165, 1.54) is 0 Å². The molecule has 0 aliphatic carbocycles. The van der Waals surface area contributed by atoms with E-state index in [1.807, 2.05) is 0 Å². The summed E-state index contributed by atoms with van der Waals surface area (Å²) in [5.41, 5.74) is 0. The minimum atomic E-state index is -2.35. The molecule has 6 fully saturated rings. The van der Waals surface area contributed by atoms with Crippen molar-refractivity contribution >= 4 is 0 Å². The summed E-state index contributed by atoms with van der Waals surface area (Å²) >= 11 is 0. The van der Waals surface area contributed by atoms with E-state index >= 15 is 0 Å². The highest BCUT2D eigenvalue weighted by Crippen LogP contribution is 2.35. The highest BCUT2D eigenvalue weighted by molar-refractivity contribution is 4.99. The Morgan fingerprint density at radius 1 is 0.365 bits per heavy atom. The largest absolute Gasteiger partial charge is 0.394 e. The first kappa shape index (κ1) is 61.8. The summed E-state index contributed by atoms with van der Waals surface area (Å²) in [6, 6.07) is 0. The Morgan fingerprint density at radius 3 is 1.22 bits per heavy atom. The van der Waals surface area contributed by atoms with Gasteiger partial charge in [0.05, 0.1) is 52.9 Å². The first-order valence-corrected chi connectivity index (χ1v) is 23.4. The number of hydrogen-bond acceptors (Lipinski definition) is 34.